The first-order valence-corrected chi connectivity index (χ1v) is 9.61. The Labute approximate surface area is 151 Å². The lowest BCUT2D eigenvalue weighted by Crippen LogP contribution is -2.22. The highest BCUT2D eigenvalue weighted by atomic mass is 32.1. The quantitative estimate of drug-likeness (QED) is 0.742. The van der Waals surface area contributed by atoms with Gasteiger partial charge in [-0.25, -0.2) is 9.97 Å². The number of fused-ring (bicyclic) bond motifs is 1. The lowest BCUT2D eigenvalue weighted by atomic mass is 9.95. The molecule has 0 bridgehead atoms. The van der Waals surface area contributed by atoms with Crippen molar-refractivity contribution in [2.45, 2.75) is 57.6 Å². The second kappa shape index (κ2) is 6.38. The van der Waals surface area contributed by atoms with Crippen LogP contribution in [-0.4, -0.2) is 30.5 Å². The standard InChI is InChI=1S/C18H23N5OS/c1-18(2,24)15-11-23-14(9-20-17(23)25-15)13-8-19-10-16(22-13)21-12-6-4-3-5-7-12/h8-12,24H,3-7H2,1-2H3,(H,21,22). The van der Waals surface area contributed by atoms with E-state index in [2.05, 4.69) is 15.3 Å². The lowest BCUT2D eigenvalue weighted by Gasteiger charge is -2.23. The normalized spacial score (nSPS) is 16.4. The zero-order valence-electron chi connectivity index (χ0n) is 14.6. The Morgan fingerprint density at radius 1 is 1.20 bits per heavy atom. The molecule has 1 fully saturated rings. The van der Waals surface area contributed by atoms with E-state index in [1.165, 1.54) is 43.4 Å². The van der Waals surface area contributed by atoms with Gasteiger partial charge in [0.2, 0.25) is 0 Å². The Bertz CT molecular complexity index is 873. The van der Waals surface area contributed by atoms with Crippen LogP contribution in [0.3, 0.4) is 0 Å². The highest BCUT2D eigenvalue weighted by Gasteiger charge is 2.21. The third-order valence-corrected chi connectivity index (χ3v) is 5.98. The van der Waals surface area contributed by atoms with Crippen LogP contribution in [0, 0.1) is 0 Å². The van der Waals surface area contributed by atoms with Crippen molar-refractivity contribution in [1.82, 2.24) is 19.4 Å². The molecular weight excluding hydrogens is 334 g/mol. The molecule has 1 saturated carbocycles. The number of thiazole rings is 1. The van der Waals surface area contributed by atoms with E-state index in [-0.39, 0.29) is 0 Å². The number of nitrogens with one attached hydrogen (secondary N) is 1. The van der Waals surface area contributed by atoms with Crippen molar-refractivity contribution in [3.05, 3.63) is 29.7 Å². The predicted octanol–water partition coefficient (Wildman–Crippen LogP) is 3.82. The van der Waals surface area contributed by atoms with E-state index >= 15 is 0 Å². The van der Waals surface area contributed by atoms with E-state index in [0.717, 1.165) is 27.0 Å². The monoisotopic (exact) mass is 357 g/mol. The van der Waals surface area contributed by atoms with Crippen LogP contribution in [0.2, 0.25) is 0 Å². The molecule has 132 valence electrons. The van der Waals surface area contributed by atoms with Crippen LogP contribution in [-0.2, 0) is 5.60 Å². The van der Waals surface area contributed by atoms with Crippen LogP contribution in [0.15, 0.2) is 24.8 Å². The van der Waals surface area contributed by atoms with Crippen LogP contribution in [0.25, 0.3) is 16.3 Å². The summed E-state index contributed by atoms with van der Waals surface area (Å²) in [7, 11) is 0. The second-order valence-electron chi connectivity index (χ2n) is 7.22. The fourth-order valence-corrected chi connectivity index (χ4v) is 4.23. The Balaban J connectivity index is 1.64. The third-order valence-electron chi connectivity index (χ3n) is 4.67. The van der Waals surface area contributed by atoms with Gasteiger partial charge in [0.05, 0.1) is 34.8 Å². The fourth-order valence-electron chi connectivity index (χ4n) is 3.27. The van der Waals surface area contributed by atoms with Gasteiger partial charge in [0.15, 0.2) is 4.96 Å². The van der Waals surface area contributed by atoms with Crippen molar-refractivity contribution in [2.75, 3.05) is 5.32 Å². The SMILES string of the molecule is CC(C)(O)c1cn2c(-c3cncc(NC4CCCCC4)n3)cnc2s1. The molecule has 25 heavy (non-hydrogen) atoms. The summed E-state index contributed by atoms with van der Waals surface area (Å²) in [6, 6.07) is 0.492. The summed E-state index contributed by atoms with van der Waals surface area (Å²) in [5, 5.41) is 13.7. The van der Waals surface area contributed by atoms with Gasteiger partial charge < -0.3 is 10.4 Å². The Morgan fingerprint density at radius 2 is 2.00 bits per heavy atom. The van der Waals surface area contributed by atoms with E-state index in [0.29, 0.717) is 6.04 Å². The number of hydrogen-bond acceptors (Lipinski definition) is 6. The molecule has 2 N–H and O–H groups in total. The predicted molar refractivity (Wildman–Crippen MR) is 99.8 cm³/mol. The Kier molecular flexibility index (Phi) is 4.21. The number of imidazole rings is 1. The van der Waals surface area contributed by atoms with E-state index in [1.807, 2.05) is 16.8 Å². The van der Waals surface area contributed by atoms with Gasteiger partial charge in [-0.05, 0) is 26.7 Å². The number of hydrogen-bond donors (Lipinski definition) is 2. The molecule has 3 aromatic rings. The molecule has 0 radical (unpaired) electrons. The number of rotatable bonds is 4. The molecular formula is C18H23N5OS. The first kappa shape index (κ1) is 16.5. The number of aromatic nitrogens is 4. The van der Waals surface area contributed by atoms with Gasteiger partial charge >= 0.3 is 0 Å². The molecule has 0 aliphatic heterocycles. The second-order valence-corrected chi connectivity index (χ2v) is 8.23. The van der Waals surface area contributed by atoms with E-state index in [1.54, 1.807) is 26.2 Å². The molecule has 0 unspecified atom stereocenters. The Hall–Kier alpha value is -1.99. The van der Waals surface area contributed by atoms with Crippen LogP contribution in [0.5, 0.6) is 0 Å². The average Bonchev–Trinajstić information content (AvgIpc) is 3.16. The molecule has 0 aromatic carbocycles. The van der Waals surface area contributed by atoms with E-state index in [4.69, 9.17) is 4.98 Å². The van der Waals surface area contributed by atoms with E-state index in [9.17, 15) is 5.11 Å². The molecule has 0 atom stereocenters. The summed E-state index contributed by atoms with van der Waals surface area (Å²) < 4.78 is 1.98. The van der Waals surface area contributed by atoms with Gasteiger partial charge in [-0.15, -0.1) is 0 Å². The van der Waals surface area contributed by atoms with Crippen LogP contribution in [0.4, 0.5) is 5.82 Å². The topological polar surface area (TPSA) is 75.3 Å². The van der Waals surface area contributed by atoms with Crippen molar-refractivity contribution in [2.24, 2.45) is 0 Å². The maximum atomic E-state index is 10.2. The largest absolute Gasteiger partial charge is 0.385 e. The smallest absolute Gasteiger partial charge is 0.194 e. The zero-order chi connectivity index (χ0) is 17.4. The van der Waals surface area contributed by atoms with Gasteiger partial charge in [-0.1, -0.05) is 30.6 Å². The summed E-state index contributed by atoms with van der Waals surface area (Å²) in [5.41, 5.74) is 0.800. The molecule has 4 rings (SSSR count). The molecule has 0 amide bonds. The molecule has 7 heteroatoms. The third kappa shape index (κ3) is 3.39. The molecule has 1 aliphatic carbocycles. The average molecular weight is 357 g/mol. The molecule has 3 heterocycles. The van der Waals surface area contributed by atoms with Gasteiger partial charge in [0.1, 0.15) is 11.5 Å². The van der Waals surface area contributed by atoms with Crippen molar-refractivity contribution < 1.29 is 5.11 Å². The van der Waals surface area contributed by atoms with E-state index < -0.39 is 5.60 Å². The molecule has 6 nitrogen and oxygen atoms in total. The fraction of sp³-hybridized carbons (Fsp3) is 0.500. The molecule has 3 aromatic heterocycles. The summed E-state index contributed by atoms with van der Waals surface area (Å²) in [6.45, 7) is 3.57. The summed E-state index contributed by atoms with van der Waals surface area (Å²) in [6.07, 6.45) is 13.6. The molecule has 1 aliphatic rings. The van der Waals surface area contributed by atoms with Crippen LogP contribution < -0.4 is 5.32 Å². The minimum Gasteiger partial charge on any atom is -0.385 e. The molecule has 0 spiro atoms. The summed E-state index contributed by atoms with van der Waals surface area (Å²) in [5.74, 6) is 0.817. The summed E-state index contributed by atoms with van der Waals surface area (Å²) >= 11 is 1.49. The summed E-state index contributed by atoms with van der Waals surface area (Å²) in [4.78, 5) is 15.3. The Morgan fingerprint density at radius 3 is 2.76 bits per heavy atom. The minimum atomic E-state index is -0.876. The number of aliphatic hydroxyl groups is 1. The molecule has 0 saturated heterocycles. The number of anilines is 1. The van der Waals surface area contributed by atoms with Crippen molar-refractivity contribution >= 4 is 22.1 Å². The van der Waals surface area contributed by atoms with Crippen molar-refractivity contribution in [3.63, 3.8) is 0 Å². The number of nitrogens with zero attached hydrogens (tertiary/aromatic N) is 4. The first-order valence-electron chi connectivity index (χ1n) is 8.79. The first-order chi connectivity index (χ1) is 12.0. The zero-order valence-corrected chi connectivity index (χ0v) is 15.4. The van der Waals surface area contributed by atoms with Gasteiger partial charge in [0, 0.05) is 12.2 Å². The van der Waals surface area contributed by atoms with Crippen molar-refractivity contribution in [3.8, 4) is 11.4 Å². The maximum absolute atomic E-state index is 10.2. The highest BCUT2D eigenvalue weighted by Crippen LogP contribution is 2.31. The van der Waals surface area contributed by atoms with Gasteiger partial charge in [-0.2, -0.15) is 0 Å². The van der Waals surface area contributed by atoms with Gasteiger partial charge in [0.25, 0.3) is 0 Å². The van der Waals surface area contributed by atoms with Gasteiger partial charge in [-0.3, -0.25) is 9.38 Å². The van der Waals surface area contributed by atoms with Crippen LogP contribution in [0.1, 0.15) is 50.8 Å². The maximum Gasteiger partial charge on any atom is 0.194 e. The highest BCUT2D eigenvalue weighted by molar-refractivity contribution is 7.17. The minimum absolute atomic E-state index is 0.492. The lowest BCUT2D eigenvalue weighted by molar-refractivity contribution is 0.0822. The van der Waals surface area contributed by atoms with Crippen molar-refractivity contribution in [1.29, 1.82) is 0 Å². The van der Waals surface area contributed by atoms with Crippen LogP contribution >= 0.6 is 11.3 Å².